The highest BCUT2D eigenvalue weighted by Crippen LogP contribution is 2.26. The van der Waals surface area contributed by atoms with Crippen LogP contribution < -0.4 is 5.32 Å². The molecular weight excluding hydrogens is 326 g/mol. The first-order valence-electron chi connectivity index (χ1n) is 5.65. The number of rotatable bonds is 4. The number of carbonyl (C=O) groups is 1. The highest BCUT2D eigenvalue weighted by Gasteiger charge is 2.15. The molecule has 1 heterocycles. The Hall–Kier alpha value is -1.40. The number of amides is 1. The summed E-state index contributed by atoms with van der Waals surface area (Å²) in [5, 5.41) is 2.46. The molecule has 0 aliphatic rings. The normalized spacial score (nSPS) is 11.9. The number of nitrogens with one attached hydrogen (secondary N) is 1. The van der Waals surface area contributed by atoms with Crippen molar-refractivity contribution < 1.29 is 4.79 Å². The van der Waals surface area contributed by atoms with Crippen LogP contribution in [0.5, 0.6) is 0 Å². The Morgan fingerprint density at radius 3 is 2.74 bits per heavy atom. The summed E-state index contributed by atoms with van der Waals surface area (Å²) in [7, 11) is 0. The largest absolute Gasteiger partial charge is 0.294 e. The fourth-order valence-corrected chi connectivity index (χ4v) is 2.85. The second kappa shape index (κ2) is 6.68. The number of thioether (sulfide) groups is 1. The van der Waals surface area contributed by atoms with Crippen LogP contribution in [0.3, 0.4) is 0 Å². The van der Waals surface area contributed by atoms with Gasteiger partial charge in [0.1, 0.15) is 0 Å². The summed E-state index contributed by atoms with van der Waals surface area (Å²) < 4.78 is 0.997. The van der Waals surface area contributed by atoms with E-state index < -0.39 is 0 Å². The molecule has 2 aromatic rings. The van der Waals surface area contributed by atoms with Crippen LogP contribution in [0.15, 0.2) is 52.1 Å². The molecule has 1 N–H and O–H groups in total. The summed E-state index contributed by atoms with van der Waals surface area (Å²) in [4.78, 5) is 20.9. The van der Waals surface area contributed by atoms with Gasteiger partial charge in [-0.05, 0) is 31.2 Å². The van der Waals surface area contributed by atoms with Gasteiger partial charge in [0, 0.05) is 21.8 Å². The minimum atomic E-state index is -0.224. The summed E-state index contributed by atoms with van der Waals surface area (Å²) >= 11 is 4.90. The van der Waals surface area contributed by atoms with E-state index in [1.54, 1.807) is 18.5 Å². The number of hydrogen-bond donors (Lipinski definition) is 1. The summed E-state index contributed by atoms with van der Waals surface area (Å²) in [6, 6.07) is 9.55. The highest BCUT2D eigenvalue weighted by molar-refractivity contribution is 9.10. The van der Waals surface area contributed by atoms with Crippen molar-refractivity contribution in [2.45, 2.75) is 17.1 Å². The smallest absolute Gasteiger partial charge is 0.239 e. The molecular formula is C13H12BrN3OS. The Kier molecular flexibility index (Phi) is 4.93. The highest BCUT2D eigenvalue weighted by atomic mass is 79.9. The molecule has 0 saturated heterocycles. The lowest BCUT2D eigenvalue weighted by Gasteiger charge is -2.11. The van der Waals surface area contributed by atoms with E-state index in [0.29, 0.717) is 5.95 Å². The fourth-order valence-electron chi connectivity index (χ4n) is 1.37. The zero-order chi connectivity index (χ0) is 13.7. The van der Waals surface area contributed by atoms with Gasteiger partial charge in [0.25, 0.3) is 0 Å². The summed E-state index contributed by atoms with van der Waals surface area (Å²) in [6.07, 6.45) is 3.18. The summed E-state index contributed by atoms with van der Waals surface area (Å²) in [5.74, 6) is 0.213. The van der Waals surface area contributed by atoms with Crippen LogP contribution in [0.25, 0.3) is 0 Å². The van der Waals surface area contributed by atoms with Crippen molar-refractivity contribution in [1.29, 1.82) is 0 Å². The molecule has 1 unspecified atom stereocenters. The van der Waals surface area contributed by atoms with E-state index in [0.717, 1.165) is 9.37 Å². The second-order valence-corrected chi connectivity index (χ2v) is 6.11. The van der Waals surface area contributed by atoms with Gasteiger partial charge in [-0.15, -0.1) is 11.8 Å². The van der Waals surface area contributed by atoms with Gasteiger partial charge < -0.3 is 0 Å². The van der Waals surface area contributed by atoms with Gasteiger partial charge in [-0.3, -0.25) is 10.1 Å². The number of anilines is 1. The van der Waals surface area contributed by atoms with E-state index in [1.165, 1.54) is 11.8 Å². The third kappa shape index (κ3) is 4.33. The Labute approximate surface area is 124 Å². The lowest BCUT2D eigenvalue weighted by atomic mass is 10.4. The zero-order valence-corrected chi connectivity index (χ0v) is 12.6. The van der Waals surface area contributed by atoms with Crippen molar-refractivity contribution in [2.24, 2.45) is 0 Å². The molecule has 0 aliphatic heterocycles. The molecule has 1 amide bonds. The third-order valence-corrected chi connectivity index (χ3v) is 3.87. The van der Waals surface area contributed by atoms with Gasteiger partial charge in [-0.1, -0.05) is 22.0 Å². The van der Waals surface area contributed by atoms with Crippen LogP contribution in [-0.2, 0) is 4.79 Å². The first-order chi connectivity index (χ1) is 9.15. The maximum atomic E-state index is 12.0. The molecule has 1 atom stereocenters. The Morgan fingerprint density at radius 1 is 1.32 bits per heavy atom. The minimum absolute atomic E-state index is 0.115. The number of carbonyl (C=O) groups excluding carboxylic acids is 1. The summed E-state index contributed by atoms with van der Waals surface area (Å²) in [6.45, 7) is 1.85. The van der Waals surface area contributed by atoms with Crippen LogP contribution in [0, 0.1) is 0 Å². The molecule has 98 valence electrons. The van der Waals surface area contributed by atoms with Crippen LogP contribution in [-0.4, -0.2) is 21.1 Å². The fraction of sp³-hybridized carbons (Fsp3) is 0.154. The monoisotopic (exact) mass is 337 g/mol. The van der Waals surface area contributed by atoms with E-state index in [9.17, 15) is 4.79 Å². The molecule has 0 radical (unpaired) electrons. The second-order valence-electron chi connectivity index (χ2n) is 3.78. The lowest BCUT2D eigenvalue weighted by molar-refractivity contribution is -0.115. The lowest BCUT2D eigenvalue weighted by Crippen LogP contribution is -2.23. The van der Waals surface area contributed by atoms with Gasteiger partial charge in [0.15, 0.2) is 0 Å². The number of nitrogens with zero attached hydrogens (tertiary/aromatic N) is 2. The molecule has 2 rings (SSSR count). The Balaban J connectivity index is 1.96. The van der Waals surface area contributed by atoms with E-state index in [2.05, 4.69) is 31.2 Å². The van der Waals surface area contributed by atoms with Crippen LogP contribution >= 0.6 is 27.7 Å². The van der Waals surface area contributed by atoms with Gasteiger partial charge >= 0.3 is 0 Å². The molecule has 6 heteroatoms. The van der Waals surface area contributed by atoms with Gasteiger partial charge in [0.2, 0.25) is 11.9 Å². The average Bonchev–Trinajstić information content (AvgIpc) is 2.40. The Morgan fingerprint density at radius 2 is 2.05 bits per heavy atom. The van der Waals surface area contributed by atoms with Gasteiger partial charge in [0.05, 0.1) is 5.25 Å². The third-order valence-electron chi connectivity index (χ3n) is 2.28. The molecule has 0 saturated carbocycles. The van der Waals surface area contributed by atoms with Crippen molar-refractivity contribution >= 4 is 39.5 Å². The Bertz CT molecular complexity index is 565. The van der Waals surface area contributed by atoms with E-state index in [4.69, 9.17) is 0 Å². The number of hydrogen-bond acceptors (Lipinski definition) is 4. The predicted octanol–water partition coefficient (Wildman–Crippen LogP) is 3.36. The summed E-state index contributed by atoms with van der Waals surface area (Å²) in [5.41, 5.74) is 0. The van der Waals surface area contributed by atoms with Crippen molar-refractivity contribution in [2.75, 3.05) is 5.32 Å². The average molecular weight is 338 g/mol. The van der Waals surface area contributed by atoms with Crippen molar-refractivity contribution in [3.05, 3.63) is 47.2 Å². The SMILES string of the molecule is CC(Sc1cccc(Br)c1)C(=O)Nc1ncccn1. The first-order valence-corrected chi connectivity index (χ1v) is 7.32. The van der Waals surface area contributed by atoms with Crippen molar-refractivity contribution in [1.82, 2.24) is 9.97 Å². The van der Waals surface area contributed by atoms with Gasteiger partial charge in [-0.2, -0.15) is 0 Å². The molecule has 0 spiro atoms. The van der Waals surface area contributed by atoms with Crippen LogP contribution in [0.2, 0.25) is 0 Å². The topological polar surface area (TPSA) is 54.9 Å². The van der Waals surface area contributed by atoms with E-state index >= 15 is 0 Å². The molecule has 0 aliphatic carbocycles. The number of halogens is 1. The molecule has 4 nitrogen and oxygen atoms in total. The number of benzene rings is 1. The maximum absolute atomic E-state index is 12.0. The van der Waals surface area contributed by atoms with E-state index in [-0.39, 0.29) is 11.2 Å². The zero-order valence-electron chi connectivity index (χ0n) is 10.2. The van der Waals surface area contributed by atoms with Crippen LogP contribution in [0.4, 0.5) is 5.95 Å². The maximum Gasteiger partial charge on any atom is 0.239 e. The standard InChI is InChI=1S/C13H12BrN3OS/c1-9(19-11-5-2-4-10(14)8-11)12(18)17-13-15-6-3-7-16-13/h2-9H,1H3,(H,15,16,17,18). The van der Waals surface area contributed by atoms with Crippen molar-refractivity contribution in [3.8, 4) is 0 Å². The molecule has 0 bridgehead atoms. The predicted molar refractivity (Wildman–Crippen MR) is 80.1 cm³/mol. The minimum Gasteiger partial charge on any atom is -0.294 e. The van der Waals surface area contributed by atoms with Crippen LogP contribution in [0.1, 0.15) is 6.92 Å². The van der Waals surface area contributed by atoms with Crippen molar-refractivity contribution in [3.63, 3.8) is 0 Å². The molecule has 1 aromatic heterocycles. The molecule has 0 fully saturated rings. The molecule has 1 aromatic carbocycles. The van der Waals surface area contributed by atoms with E-state index in [1.807, 2.05) is 31.2 Å². The van der Waals surface area contributed by atoms with Gasteiger partial charge in [-0.25, -0.2) is 9.97 Å². The quantitative estimate of drug-likeness (QED) is 0.869. The first kappa shape index (κ1) is 14.0. The molecule has 19 heavy (non-hydrogen) atoms. The number of aromatic nitrogens is 2.